The minimum absolute atomic E-state index is 0.155. The monoisotopic (exact) mass is 282 g/mol. The number of alkyl halides is 1. The average molecular weight is 283 g/mol. The van der Waals surface area contributed by atoms with Crippen LogP contribution in [-0.4, -0.2) is 7.11 Å². The van der Waals surface area contributed by atoms with E-state index in [0.29, 0.717) is 16.7 Å². The lowest BCUT2D eigenvalue weighted by Gasteiger charge is -2.12. The highest BCUT2D eigenvalue weighted by Crippen LogP contribution is 2.32. The Balaban J connectivity index is 2.35. The number of halogens is 3. The zero-order valence-corrected chi connectivity index (χ0v) is 11.3. The van der Waals surface area contributed by atoms with Gasteiger partial charge in [0, 0.05) is 0 Å². The summed E-state index contributed by atoms with van der Waals surface area (Å²) in [4.78, 5) is 0. The van der Waals surface area contributed by atoms with Crippen molar-refractivity contribution in [3.05, 3.63) is 64.7 Å². The first-order valence-corrected chi connectivity index (χ1v) is 6.20. The van der Waals surface area contributed by atoms with E-state index >= 15 is 0 Å². The molecule has 1 nitrogen and oxygen atoms in total. The van der Waals surface area contributed by atoms with Gasteiger partial charge in [0.05, 0.1) is 12.5 Å². The fraction of sp³-hybridized carbons (Fsp3) is 0.200. The largest absolute Gasteiger partial charge is 0.494 e. The van der Waals surface area contributed by atoms with E-state index < -0.39 is 11.2 Å². The van der Waals surface area contributed by atoms with Crippen LogP contribution in [0.2, 0.25) is 0 Å². The van der Waals surface area contributed by atoms with Gasteiger partial charge in [-0.05, 0) is 41.8 Å². The van der Waals surface area contributed by atoms with Crippen molar-refractivity contribution < 1.29 is 13.5 Å². The summed E-state index contributed by atoms with van der Waals surface area (Å²) in [5.74, 6) is -0.655. The first-order chi connectivity index (χ1) is 9.02. The van der Waals surface area contributed by atoms with Crippen molar-refractivity contribution in [3.63, 3.8) is 0 Å². The Morgan fingerprint density at radius 3 is 2.11 bits per heavy atom. The number of aryl methyl sites for hydroxylation is 1. The van der Waals surface area contributed by atoms with E-state index in [1.807, 2.05) is 0 Å². The molecule has 19 heavy (non-hydrogen) atoms. The predicted molar refractivity (Wildman–Crippen MR) is 71.8 cm³/mol. The van der Waals surface area contributed by atoms with Crippen LogP contribution in [0.4, 0.5) is 8.78 Å². The number of ether oxygens (including phenoxy) is 1. The lowest BCUT2D eigenvalue weighted by molar-refractivity contribution is 0.386. The van der Waals surface area contributed by atoms with E-state index in [4.69, 9.17) is 16.3 Å². The SMILES string of the molecule is COc1ccc(C(Cl)c2ccc(C)c(F)c2)cc1F. The number of methoxy groups -OCH3 is 1. The van der Waals surface area contributed by atoms with Gasteiger partial charge in [0.15, 0.2) is 11.6 Å². The van der Waals surface area contributed by atoms with E-state index in [1.165, 1.54) is 25.3 Å². The van der Waals surface area contributed by atoms with Crippen LogP contribution in [0.5, 0.6) is 5.75 Å². The predicted octanol–water partition coefficient (Wildman–Crippen LogP) is 4.61. The maximum absolute atomic E-state index is 13.6. The molecule has 0 heterocycles. The van der Waals surface area contributed by atoms with Crippen molar-refractivity contribution in [3.8, 4) is 5.75 Å². The van der Waals surface area contributed by atoms with E-state index in [1.54, 1.807) is 25.1 Å². The van der Waals surface area contributed by atoms with Crippen molar-refractivity contribution >= 4 is 11.6 Å². The van der Waals surface area contributed by atoms with Crippen LogP contribution >= 0.6 is 11.6 Å². The number of benzene rings is 2. The van der Waals surface area contributed by atoms with Gasteiger partial charge in [-0.25, -0.2) is 8.78 Å². The molecular weight excluding hydrogens is 270 g/mol. The normalized spacial score (nSPS) is 12.3. The molecule has 0 radical (unpaired) electrons. The van der Waals surface area contributed by atoms with E-state index in [9.17, 15) is 8.78 Å². The first-order valence-electron chi connectivity index (χ1n) is 5.76. The van der Waals surface area contributed by atoms with Gasteiger partial charge in [0.2, 0.25) is 0 Å². The summed E-state index contributed by atoms with van der Waals surface area (Å²) < 4.78 is 32.0. The zero-order valence-electron chi connectivity index (χ0n) is 10.6. The van der Waals surface area contributed by atoms with E-state index in [-0.39, 0.29) is 11.6 Å². The molecule has 0 N–H and O–H groups in total. The highest BCUT2D eigenvalue weighted by Gasteiger charge is 2.14. The zero-order chi connectivity index (χ0) is 14.0. The maximum atomic E-state index is 13.6. The van der Waals surface area contributed by atoms with Crippen LogP contribution in [0.3, 0.4) is 0 Å². The van der Waals surface area contributed by atoms with Gasteiger partial charge in [-0.15, -0.1) is 11.6 Å². The van der Waals surface area contributed by atoms with Crippen LogP contribution in [0.25, 0.3) is 0 Å². The molecule has 0 aromatic heterocycles. The average Bonchev–Trinajstić information content (AvgIpc) is 2.41. The highest BCUT2D eigenvalue weighted by molar-refractivity contribution is 6.22. The molecule has 0 saturated carbocycles. The lowest BCUT2D eigenvalue weighted by Crippen LogP contribution is -1.97. The van der Waals surface area contributed by atoms with Crippen molar-refractivity contribution in [2.75, 3.05) is 7.11 Å². The Bertz CT molecular complexity index is 599. The van der Waals surface area contributed by atoms with Crippen molar-refractivity contribution in [1.29, 1.82) is 0 Å². The summed E-state index contributed by atoms with van der Waals surface area (Å²) in [6.45, 7) is 1.68. The number of rotatable bonds is 3. The summed E-state index contributed by atoms with van der Waals surface area (Å²) in [7, 11) is 1.39. The topological polar surface area (TPSA) is 9.23 Å². The third-order valence-electron chi connectivity index (χ3n) is 2.96. The van der Waals surface area contributed by atoms with Gasteiger partial charge in [-0.3, -0.25) is 0 Å². The van der Waals surface area contributed by atoms with Crippen LogP contribution in [0.15, 0.2) is 36.4 Å². The lowest BCUT2D eigenvalue weighted by atomic mass is 10.0. The summed E-state index contributed by atoms with van der Waals surface area (Å²) in [6.07, 6.45) is 0. The molecule has 0 amide bonds. The summed E-state index contributed by atoms with van der Waals surface area (Å²) in [5.41, 5.74) is 1.70. The second-order valence-corrected chi connectivity index (χ2v) is 4.70. The van der Waals surface area contributed by atoms with Crippen molar-refractivity contribution in [1.82, 2.24) is 0 Å². The molecule has 2 rings (SSSR count). The maximum Gasteiger partial charge on any atom is 0.165 e. The summed E-state index contributed by atoms with van der Waals surface area (Å²) in [6, 6.07) is 9.23. The Hall–Kier alpha value is -1.61. The van der Waals surface area contributed by atoms with Crippen LogP contribution < -0.4 is 4.74 Å². The molecule has 0 aliphatic rings. The van der Waals surface area contributed by atoms with Crippen molar-refractivity contribution in [2.45, 2.75) is 12.3 Å². The molecule has 100 valence electrons. The van der Waals surface area contributed by atoms with E-state index in [2.05, 4.69) is 0 Å². The molecule has 0 spiro atoms. The van der Waals surface area contributed by atoms with Crippen LogP contribution in [0.1, 0.15) is 22.1 Å². The third kappa shape index (κ3) is 2.87. The van der Waals surface area contributed by atoms with Gasteiger partial charge in [-0.2, -0.15) is 0 Å². The van der Waals surface area contributed by atoms with Gasteiger partial charge in [0.25, 0.3) is 0 Å². The van der Waals surface area contributed by atoms with Crippen LogP contribution in [0, 0.1) is 18.6 Å². The quantitative estimate of drug-likeness (QED) is 0.747. The Labute approximate surface area is 115 Å². The highest BCUT2D eigenvalue weighted by atomic mass is 35.5. The molecule has 1 unspecified atom stereocenters. The van der Waals surface area contributed by atoms with Crippen LogP contribution in [-0.2, 0) is 0 Å². The van der Waals surface area contributed by atoms with Gasteiger partial charge < -0.3 is 4.74 Å². The molecule has 0 aliphatic heterocycles. The smallest absolute Gasteiger partial charge is 0.165 e. The standard InChI is InChI=1S/C15H13ClF2O/c1-9-3-4-10(7-12(9)17)15(16)11-5-6-14(19-2)13(18)8-11/h3-8,15H,1-2H3. The first kappa shape index (κ1) is 13.8. The molecule has 4 heteroatoms. The molecule has 0 aliphatic carbocycles. The molecular formula is C15H13ClF2O. The number of hydrogen-bond donors (Lipinski definition) is 0. The van der Waals surface area contributed by atoms with E-state index in [0.717, 1.165) is 0 Å². The summed E-state index contributed by atoms with van der Waals surface area (Å²) in [5, 5.41) is -0.601. The fourth-order valence-corrected chi connectivity index (χ4v) is 2.07. The molecule has 0 saturated heterocycles. The van der Waals surface area contributed by atoms with Gasteiger partial charge >= 0.3 is 0 Å². The van der Waals surface area contributed by atoms with Crippen molar-refractivity contribution in [2.24, 2.45) is 0 Å². The fourth-order valence-electron chi connectivity index (χ4n) is 1.80. The molecule has 1 atom stereocenters. The molecule has 2 aromatic carbocycles. The number of hydrogen-bond acceptors (Lipinski definition) is 1. The van der Waals surface area contributed by atoms with Gasteiger partial charge in [0.1, 0.15) is 5.82 Å². The Kier molecular flexibility index (Phi) is 4.05. The molecule has 2 aromatic rings. The molecule has 0 fully saturated rings. The minimum atomic E-state index is -0.601. The molecule has 0 bridgehead atoms. The Morgan fingerprint density at radius 1 is 1.00 bits per heavy atom. The van der Waals surface area contributed by atoms with Gasteiger partial charge in [-0.1, -0.05) is 18.2 Å². The Morgan fingerprint density at radius 2 is 1.58 bits per heavy atom. The minimum Gasteiger partial charge on any atom is -0.494 e. The third-order valence-corrected chi connectivity index (χ3v) is 3.46. The second-order valence-electron chi connectivity index (χ2n) is 4.27. The summed E-state index contributed by atoms with van der Waals surface area (Å²) >= 11 is 6.25. The second kappa shape index (κ2) is 5.57.